The zero-order valence-corrected chi connectivity index (χ0v) is 6.83. The van der Waals surface area contributed by atoms with Gasteiger partial charge in [-0.2, -0.15) is 0 Å². The molecule has 0 bridgehead atoms. The Morgan fingerprint density at radius 1 is 1.42 bits per heavy atom. The first-order chi connectivity index (χ1) is 5.72. The Labute approximate surface area is 70.4 Å². The number of hydrogen-bond donors (Lipinski definition) is 0. The SMILES string of the molecule is CN1C(=O)C(=O)C2=C1CCC=C2. The molecule has 12 heavy (non-hydrogen) atoms. The number of carbonyl (C=O) groups excluding carboxylic acids is 2. The smallest absolute Gasteiger partial charge is 0.298 e. The number of nitrogens with zero attached hydrogens (tertiary/aromatic N) is 1. The molecule has 0 unspecified atom stereocenters. The maximum atomic E-state index is 11.2. The van der Waals surface area contributed by atoms with E-state index in [4.69, 9.17) is 0 Å². The van der Waals surface area contributed by atoms with Crippen molar-refractivity contribution in [1.29, 1.82) is 0 Å². The van der Waals surface area contributed by atoms with Crippen LogP contribution in [0.2, 0.25) is 0 Å². The maximum absolute atomic E-state index is 11.2. The third-order valence-electron chi connectivity index (χ3n) is 2.29. The van der Waals surface area contributed by atoms with Crippen LogP contribution in [-0.4, -0.2) is 23.6 Å². The molecular weight excluding hydrogens is 154 g/mol. The van der Waals surface area contributed by atoms with E-state index in [0.717, 1.165) is 18.5 Å². The number of hydrogen-bond acceptors (Lipinski definition) is 2. The van der Waals surface area contributed by atoms with E-state index in [2.05, 4.69) is 0 Å². The van der Waals surface area contributed by atoms with Gasteiger partial charge < -0.3 is 4.90 Å². The van der Waals surface area contributed by atoms with E-state index in [0.29, 0.717) is 5.57 Å². The zero-order chi connectivity index (χ0) is 8.72. The summed E-state index contributed by atoms with van der Waals surface area (Å²) in [6, 6.07) is 0. The normalized spacial score (nSPS) is 22.2. The van der Waals surface area contributed by atoms with E-state index < -0.39 is 5.91 Å². The number of ketones is 1. The molecule has 0 atom stereocenters. The minimum absolute atomic E-state index is 0.358. The lowest BCUT2D eigenvalue weighted by molar-refractivity contribution is -0.138. The largest absolute Gasteiger partial charge is 0.312 e. The molecule has 1 aliphatic heterocycles. The van der Waals surface area contributed by atoms with Gasteiger partial charge in [0.1, 0.15) is 0 Å². The van der Waals surface area contributed by atoms with Crippen molar-refractivity contribution in [2.45, 2.75) is 12.8 Å². The molecule has 1 amide bonds. The first-order valence-electron chi connectivity index (χ1n) is 3.94. The van der Waals surface area contributed by atoms with Crippen LogP contribution in [0, 0.1) is 0 Å². The highest BCUT2D eigenvalue weighted by molar-refractivity contribution is 6.46. The van der Waals surface area contributed by atoms with Gasteiger partial charge in [-0.1, -0.05) is 12.2 Å². The van der Waals surface area contributed by atoms with E-state index in [9.17, 15) is 9.59 Å². The highest BCUT2D eigenvalue weighted by atomic mass is 16.2. The van der Waals surface area contributed by atoms with Crippen LogP contribution in [0.15, 0.2) is 23.4 Å². The number of amides is 1. The van der Waals surface area contributed by atoms with Crippen molar-refractivity contribution in [2.75, 3.05) is 7.05 Å². The molecule has 0 radical (unpaired) electrons. The van der Waals surface area contributed by atoms with Crippen LogP contribution in [0.5, 0.6) is 0 Å². The van der Waals surface area contributed by atoms with Gasteiger partial charge >= 0.3 is 0 Å². The summed E-state index contributed by atoms with van der Waals surface area (Å²) < 4.78 is 0. The molecule has 0 aromatic heterocycles. The van der Waals surface area contributed by atoms with Crippen LogP contribution < -0.4 is 0 Å². The monoisotopic (exact) mass is 163 g/mol. The fourth-order valence-electron chi connectivity index (χ4n) is 1.60. The minimum Gasteiger partial charge on any atom is -0.312 e. The summed E-state index contributed by atoms with van der Waals surface area (Å²) >= 11 is 0. The van der Waals surface area contributed by atoms with E-state index in [1.807, 2.05) is 6.08 Å². The first-order valence-corrected chi connectivity index (χ1v) is 3.94. The van der Waals surface area contributed by atoms with Crippen molar-refractivity contribution in [3.8, 4) is 0 Å². The average Bonchev–Trinajstić information content (AvgIpc) is 2.33. The van der Waals surface area contributed by atoms with Crippen LogP contribution >= 0.6 is 0 Å². The van der Waals surface area contributed by atoms with Crippen molar-refractivity contribution in [1.82, 2.24) is 4.90 Å². The number of rotatable bonds is 0. The molecule has 0 N–H and O–H groups in total. The number of carbonyl (C=O) groups is 2. The van der Waals surface area contributed by atoms with Gasteiger partial charge in [0.15, 0.2) is 0 Å². The summed E-state index contributed by atoms with van der Waals surface area (Å²) in [5, 5.41) is 0. The zero-order valence-electron chi connectivity index (χ0n) is 6.83. The van der Waals surface area contributed by atoms with Gasteiger partial charge in [0.05, 0.1) is 0 Å². The molecule has 62 valence electrons. The van der Waals surface area contributed by atoms with Gasteiger partial charge in [-0.05, 0) is 12.8 Å². The Bertz CT molecular complexity index is 325. The molecule has 0 aromatic rings. The molecule has 2 rings (SSSR count). The highest BCUT2D eigenvalue weighted by Gasteiger charge is 2.34. The van der Waals surface area contributed by atoms with Gasteiger partial charge in [-0.3, -0.25) is 9.59 Å². The molecule has 0 saturated heterocycles. The Morgan fingerprint density at radius 3 is 2.83 bits per heavy atom. The number of Topliss-reactive ketones (excluding diaryl/α,β-unsaturated/α-hetero) is 1. The van der Waals surface area contributed by atoms with Gasteiger partial charge in [0.25, 0.3) is 11.7 Å². The molecule has 2 aliphatic rings. The van der Waals surface area contributed by atoms with Crippen LogP contribution in [0.1, 0.15) is 12.8 Å². The summed E-state index contributed by atoms with van der Waals surface area (Å²) in [5.41, 5.74) is 1.47. The third-order valence-corrected chi connectivity index (χ3v) is 2.29. The molecule has 0 aromatic carbocycles. The quantitative estimate of drug-likeness (QED) is 0.491. The van der Waals surface area contributed by atoms with Crippen molar-refractivity contribution < 1.29 is 9.59 Å². The lowest BCUT2D eigenvalue weighted by Crippen LogP contribution is -2.24. The number of likely N-dealkylation sites (N-methyl/N-ethyl adjacent to an activating group) is 1. The summed E-state index contributed by atoms with van der Waals surface area (Å²) in [7, 11) is 1.65. The number of allylic oxidation sites excluding steroid dienone is 3. The van der Waals surface area contributed by atoms with E-state index in [-0.39, 0.29) is 5.78 Å². The van der Waals surface area contributed by atoms with Gasteiger partial charge in [-0.25, -0.2) is 0 Å². The second-order valence-electron chi connectivity index (χ2n) is 2.99. The fraction of sp³-hybridized carbons (Fsp3) is 0.333. The Balaban J connectivity index is 2.49. The molecule has 0 spiro atoms. The standard InChI is InChI=1S/C9H9NO2/c1-10-7-5-3-2-4-6(7)8(11)9(10)12/h2,4H,3,5H2,1H3. The van der Waals surface area contributed by atoms with E-state index in [1.165, 1.54) is 4.90 Å². The minimum atomic E-state index is -0.397. The molecule has 1 aliphatic carbocycles. The van der Waals surface area contributed by atoms with E-state index >= 15 is 0 Å². The van der Waals surface area contributed by atoms with Crippen molar-refractivity contribution in [2.24, 2.45) is 0 Å². The van der Waals surface area contributed by atoms with Crippen LogP contribution in [0.25, 0.3) is 0 Å². The molecule has 3 heteroatoms. The lowest BCUT2D eigenvalue weighted by Gasteiger charge is -2.14. The van der Waals surface area contributed by atoms with Crippen LogP contribution in [0.4, 0.5) is 0 Å². The van der Waals surface area contributed by atoms with Crippen LogP contribution in [-0.2, 0) is 9.59 Å². The predicted octanol–water partition coefficient (Wildman–Crippen LogP) is 0.632. The van der Waals surface area contributed by atoms with Gasteiger partial charge in [0, 0.05) is 18.3 Å². The first kappa shape index (κ1) is 7.28. The third kappa shape index (κ3) is 0.763. The predicted molar refractivity (Wildman–Crippen MR) is 43.2 cm³/mol. The summed E-state index contributed by atoms with van der Waals surface area (Å²) in [4.78, 5) is 23.9. The Kier molecular flexibility index (Phi) is 1.40. The Hall–Kier alpha value is -1.38. The molecular formula is C9H9NO2. The topological polar surface area (TPSA) is 37.4 Å². The van der Waals surface area contributed by atoms with Crippen molar-refractivity contribution in [3.63, 3.8) is 0 Å². The Morgan fingerprint density at radius 2 is 2.17 bits per heavy atom. The van der Waals surface area contributed by atoms with Crippen molar-refractivity contribution in [3.05, 3.63) is 23.4 Å². The van der Waals surface area contributed by atoms with Crippen molar-refractivity contribution >= 4 is 11.7 Å². The summed E-state index contributed by atoms with van der Waals surface area (Å²) in [6.07, 6.45) is 5.41. The summed E-state index contributed by atoms with van der Waals surface area (Å²) in [5.74, 6) is -0.755. The fourth-order valence-corrected chi connectivity index (χ4v) is 1.60. The lowest BCUT2D eigenvalue weighted by atomic mass is 10.0. The maximum Gasteiger partial charge on any atom is 0.298 e. The van der Waals surface area contributed by atoms with E-state index in [1.54, 1.807) is 13.1 Å². The van der Waals surface area contributed by atoms with Gasteiger partial charge in [0.2, 0.25) is 0 Å². The molecule has 0 saturated carbocycles. The second kappa shape index (κ2) is 2.30. The summed E-state index contributed by atoms with van der Waals surface area (Å²) in [6.45, 7) is 0. The van der Waals surface area contributed by atoms with Crippen LogP contribution in [0.3, 0.4) is 0 Å². The molecule has 0 fully saturated rings. The average molecular weight is 163 g/mol. The van der Waals surface area contributed by atoms with Gasteiger partial charge in [-0.15, -0.1) is 0 Å². The highest BCUT2D eigenvalue weighted by Crippen LogP contribution is 2.27. The molecule has 1 heterocycles. The second-order valence-corrected chi connectivity index (χ2v) is 2.99. The molecule has 3 nitrogen and oxygen atoms in total.